The first-order valence-corrected chi connectivity index (χ1v) is 8.06. The molecule has 2 aromatic carbocycles. The van der Waals surface area contributed by atoms with E-state index in [4.69, 9.17) is 0 Å². The largest absolute Gasteiger partial charge is 0.384 e. The highest BCUT2D eigenvalue weighted by Gasteiger charge is 2.42. The van der Waals surface area contributed by atoms with Crippen molar-refractivity contribution in [2.24, 2.45) is 0 Å². The van der Waals surface area contributed by atoms with Crippen LogP contribution in [-0.2, 0) is 5.41 Å². The minimum absolute atomic E-state index is 0.0368. The van der Waals surface area contributed by atoms with Crippen molar-refractivity contribution in [3.8, 4) is 0 Å². The van der Waals surface area contributed by atoms with Gasteiger partial charge in [-0.3, -0.25) is 4.79 Å². The average molecular weight is 310 g/mol. The lowest BCUT2D eigenvalue weighted by molar-refractivity contribution is 0.0676. The van der Waals surface area contributed by atoms with E-state index in [2.05, 4.69) is 5.32 Å². The third kappa shape index (κ3) is 2.38. The lowest BCUT2D eigenvalue weighted by Crippen LogP contribution is -2.46. The van der Waals surface area contributed by atoms with Crippen LogP contribution in [0.5, 0.6) is 0 Å². The molecule has 0 atom stereocenters. The molecule has 1 spiro atoms. The van der Waals surface area contributed by atoms with E-state index in [1.54, 1.807) is 6.07 Å². The molecule has 2 aromatic rings. The number of carbonyl (C=O) groups excluding carboxylic acids is 1. The zero-order valence-electron chi connectivity index (χ0n) is 12.9. The van der Waals surface area contributed by atoms with Gasteiger partial charge in [-0.15, -0.1) is 0 Å². The predicted octanol–water partition coefficient (Wildman–Crippen LogP) is 3.43. The number of hydrogen-bond acceptors (Lipinski definition) is 2. The number of piperidine rings is 1. The third-order valence-electron chi connectivity index (χ3n) is 5.20. The minimum Gasteiger partial charge on any atom is -0.384 e. The SMILES string of the molecule is O=C(c1ccccc1)N1CCC2(CC1)CNc1ccc(F)cc12. The van der Waals surface area contributed by atoms with E-state index in [1.807, 2.05) is 41.3 Å². The first-order valence-electron chi connectivity index (χ1n) is 8.06. The standard InChI is InChI=1S/C19H19FN2O/c20-15-6-7-17-16(12-15)19(13-21-17)8-10-22(11-9-19)18(23)14-4-2-1-3-5-14/h1-7,12,21H,8-11,13H2. The van der Waals surface area contributed by atoms with Crippen LogP contribution in [0.1, 0.15) is 28.8 Å². The summed E-state index contributed by atoms with van der Waals surface area (Å²) in [6.45, 7) is 2.26. The molecule has 118 valence electrons. The number of carbonyl (C=O) groups is 1. The van der Waals surface area contributed by atoms with Crippen molar-refractivity contribution >= 4 is 11.6 Å². The van der Waals surface area contributed by atoms with Gasteiger partial charge in [-0.1, -0.05) is 18.2 Å². The fraction of sp³-hybridized carbons (Fsp3) is 0.316. The number of nitrogens with zero attached hydrogens (tertiary/aromatic N) is 1. The second-order valence-corrected chi connectivity index (χ2v) is 6.48. The second-order valence-electron chi connectivity index (χ2n) is 6.48. The number of anilines is 1. The molecule has 2 aliphatic heterocycles. The molecule has 1 saturated heterocycles. The predicted molar refractivity (Wildman–Crippen MR) is 88.1 cm³/mol. The summed E-state index contributed by atoms with van der Waals surface area (Å²) in [5, 5.41) is 3.39. The Hall–Kier alpha value is -2.36. The Bertz CT molecular complexity index is 736. The van der Waals surface area contributed by atoms with Crippen molar-refractivity contribution in [2.45, 2.75) is 18.3 Å². The van der Waals surface area contributed by atoms with Crippen LogP contribution in [0.2, 0.25) is 0 Å². The van der Waals surface area contributed by atoms with E-state index in [-0.39, 0.29) is 17.1 Å². The third-order valence-corrected chi connectivity index (χ3v) is 5.20. The number of hydrogen-bond donors (Lipinski definition) is 1. The van der Waals surface area contributed by atoms with Crippen LogP contribution in [-0.4, -0.2) is 30.4 Å². The van der Waals surface area contributed by atoms with Crippen molar-refractivity contribution < 1.29 is 9.18 Å². The minimum atomic E-state index is -0.186. The van der Waals surface area contributed by atoms with Gasteiger partial charge in [0.05, 0.1) is 0 Å². The molecule has 0 radical (unpaired) electrons. The Morgan fingerprint density at radius 2 is 1.83 bits per heavy atom. The molecular weight excluding hydrogens is 291 g/mol. The number of likely N-dealkylation sites (tertiary alicyclic amines) is 1. The summed E-state index contributed by atoms with van der Waals surface area (Å²) in [7, 11) is 0. The molecule has 23 heavy (non-hydrogen) atoms. The van der Waals surface area contributed by atoms with E-state index in [0.717, 1.165) is 36.2 Å². The highest BCUT2D eigenvalue weighted by Crippen LogP contribution is 2.44. The molecule has 1 N–H and O–H groups in total. The number of nitrogens with one attached hydrogen (secondary N) is 1. The van der Waals surface area contributed by atoms with Gasteiger partial charge < -0.3 is 10.2 Å². The van der Waals surface area contributed by atoms with Gasteiger partial charge >= 0.3 is 0 Å². The molecule has 1 amide bonds. The fourth-order valence-corrected chi connectivity index (χ4v) is 3.82. The molecule has 2 heterocycles. The van der Waals surface area contributed by atoms with Gasteiger partial charge in [-0.05, 0) is 48.7 Å². The quantitative estimate of drug-likeness (QED) is 0.875. The Morgan fingerprint density at radius 1 is 1.09 bits per heavy atom. The zero-order chi connectivity index (χ0) is 15.9. The van der Waals surface area contributed by atoms with Crippen molar-refractivity contribution in [3.63, 3.8) is 0 Å². The van der Waals surface area contributed by atoms with Gasteiger partial charge in [-0.2, -0.15) is 0 Å². The Labute approximate surface area is 135 Å². The maximum atomic E-state index is 13.6. The second kappa shape index (κ2) is 5.37. The van der Waals surface area contributed by atoms with Crippen LogP contribution in [0, 0.1) is 5.82 Å². The summed E-state index contributed by atoms with van der Waals surface area (Å²) in [4.78, 5) is 14.5. The van der Waals surface area contributed by atoms with E-state index in [0.29, 0.717) is 13.1 Å². The van der Waals surface area contributed by atoms with Crippen LogP contribution in [0.15, 0.2) is 48.5 Å². The molecule has 1 fully saturated rings. The van der Waals surface area contributed by atoms with E-state index >= 15 is 0 Å². The van der Waals surface area contributed by atoms with Crippen molar-refractivity contribution in [3.05, 3.63) is 65.5 Å². The van der Waals surface area contributed by atoms with Gasteiger partial charge in [-0.25, -0.2) is 4.39 Å². The molecule has 0 aromatic heterocycles. The topological polar surface area (TPSA) is 32.3 Å². The summed E-state index contributed by atoms with van der Waals surface area (Å²) in [6, 6.07) is 14.4. The van der Waals surface area contributed by atoms with Gasteiger partial charge in [0.1, 0.15) is 5.82 Å². The van der Waals surface area contributed by atoms with Gasteiger partial charge in [0.25, 0.3) is 5.91 Å². The number of amides is 1. The van der Waals surface area contributed by atoms with Gasteiger partial charge in [0.15, 0.2) is 0 Å². The summed E-state index contributed by atoms with van der Waals surface area (Å²) in [5.41, 5.74) is 2.81. The highest BCUT2D eigenvalue weighted by atomic mass is 19.1. The summed E-state index contributed by atoms with van der Waals surface area (Å²) in [5.74, 6) is -0.0968. The normalized spacial score (nSPS) is 18.6. The lowest BCUT2D eigenvalue weighted by Gasteiger charge is -2.39. The number of benzene rings is 2. The number of rotatable bonds is 1. The average Bonchev–Trinajstić information content (AvgIpc) is 2.94. The van der Waals surface area contributed by atoms with Crippen LogP contribution < -0.4 is 5.32 Å². The van der Waals surface area contributed by atoms with E-state index in [9.17, 15) is 9.18 Å². The Balaban J connectivity index is 1.52. The molecule has 0 saturated carbocycles. The lowest BCUT2D eigenvalue weighted by atomic mass is 9.74. The first-order chi connectivity index (χ1) is 11.2. The van der Waals surface area contributed by atoms with E-state index < -0.39 is 0 Å². The molecule has 3 nitrogen and oxygen atoms in total. The number of halogens is 1. The highest BCUT2D eigenvalue weighted by molar-refractivity contribution is 5.94. The molecule has 4 rings (SSSR count). The molecule has 4 heteroatoms. The Morgan fingerprint density at radius 3 is 2.57 bits per heavy atom. The van der Waals surface area contributed by atoms with Crippen LogP contribution in [0.25, 0.3) is 0 Å². The summed E-state index contributed by atoms with van der Waals surface area (Å²) < 4.78 is 13.6. The fourth-order valence-electron chi connectivity index (χ4n) is 3.82. The molecular formula is C19H19FN2O. The van der Waals surface area contributed by atoms with Crippen LogP contribution in [0.4, 0.5) is 10.1 Å². The molecule has 2 aliphatic rings. The van der Waals surface area contributed by atoms with Crippen molar-refractivity contribution in [1.29, 1.82) is 0 Å². The van der Waals surface area contributed by atoms with Crippen molar-refractivity contribution in [1.82, 2.24) is 4.90 Å². The first kappa shape index (κ1) is 14.2. The maximum Gasteiger partial charge on any atom is 0.253 e. The van der Waals surface area contributed by atoms with Crippen LogP contribution >= 0.6 is 0 Å². The van der Waals surface area contributed by atoms with E-state index in [1.165, 1.54) is 6.07 Å². The molecule has 0 unspecified atom stereocenters. The summed E-state index contributed by atoms with van der Waals surface area (Å²) >= 11 is 0. The molecule has 0 bridgehead atoms. The molecule has 0 aliphatic carbocycles. The van der Waals surface area contributed by atoms with Gasteiger partial charge in [0, 0.05) is 36.3 Å². The van der Waals surface area contributed by atoms with Gasteiger partial charge in [0.2, 0.25) is 0 Å². The zero-order valence-corrected chi connectivity index (χ0v) is 12.9. The maximum absolute atomic E-state index is 13.6. The smallest absolute Gasteiger partial charge is 0.253 e. The number of fused-ring (bicyclic) bond motifs is 2. The summed E-state index contributed by atoms with van der Waals surface area (Å²) in [6.07, 6.45) is 1.74. The Kier molecular flexibility index (Phi) is 3.33. The monoisotopic (exact) mass is 310 g/mol. The van der Waals surface area contributed by atoms with Crippen molar-refractivity contribution in [2.75, 3.05) is 25.0 Å². The van der Waals surface area contributed by atoms with Crippen LogP contribution in [0.3, 0.4) is 0 Å².